The Morgan fingerprint density at radius 3 is 1.95 bits per heavy atom. The molecule has 294 valence electrons. The number of non-ortho nitro benzene ring substituents is 1. The van der Waals surface area contributed by atoms with Gasteiger partial charge < -0.3 is 19.3 Å². The first kappa shape index (κ1) is 42.0. The lowest BCUT2D eigenvalue weighted by Gasteiger charge is -2.23. The predicted octanol–water partition coefficient (Wildman–Crippen LogP) is 8.01. The van der Waals surface area contributed by atoms with Crippen molar-refractivity contribution in [3.63, 3.8) is 0 Å². The van der Waals surface area contributed by atoms with Crippen molar-refractivity contribution in [3.8, 4) is 6.07 Å². The number of Topliss-reactive ketones (excluding diaryl/α,β-unsaturated/α-hetero) is 2. The number of rotatable bonds is 11. The van der Waals surface area contributed by atoms with Crippen LogP contribution in [0.2, 0.25) is 0 Å². The van der Waals surface area contributed by atoms with Gasteiger partial charge in [-0.05, 0) is 67.8 Å². The molecule has 0 saturated heterocycles. The number of aromatic nitrogens is 3. The van der Waals surface area contributed by atoms with E-state index in [1.807, 2.05) is 6.07 Å². The van der Waals surface area contributed by atoms with Gasteiger partial charge in [0.15, 0.2) is 22.9 Å². The zero-order valence-corrected chi connectivity index (χ0v) is 31.3. The minimum atomic E-state index is -4.72. The number of carbonyl (C=O) groups excluding carboxylic acids is 2. The lowest BCUT2D eigenvalue weighted by molar-refractivity contribution is -0.384. The molecule has 0 aliphatic carbocycles. The molecule has 58 heavy (non-hydrogen) atoms. The van der Waals surface area contributed by atoms with Crippen LogP contribution >= 0.6 is 0 Å². The van der Waals surface area contributed by atoms with Crippen molar-refractivity contribution in [1.29, 1.82) is 5.26 Å². The maximum atomic E-state index is 13.1. The van der Waals surface area contributed by atoms with Gasteiger partial charge in [0.2, 0.25) is 0 Å². The van der Waals surface area contributed by atoms with E-state index in [4.69, 9.17) is 18.4 Å². The van der Waals surface area contributed by atoms with Crippen LogP contribution in [0, 0.1) is 41.5 Å². The van der Waals surface area contributed by atoms with Gasteiger partial charge in [-0.15, -0.1) is 0 Å². The molecule has 0 bridgehead atoms. The Morgan fingerprint density at radius 2 is 1.40 bits per heavy atom. The number of aryl methyl sites for hydroxylation is 1. The van der Waals surface area contributed by atoms with E-state index in [1.54, 1.807) is 70.9 Å². The van der Waals surface area contributed by atoms with Crippen LogP contribution in [-0.4, -0.2) is 52.0 Å². The highest BCUT2D eigenvalue weighted by atomic mass is 19.4. The molecule has 16 heteroatoms. The van der Waals surface area contributed by atoms with Crippen molar-refractivity contribution >= 4 is 50.6 Å². The molecular formula is C42H34F3N7O6. The SMILES string of the molecule is [C-]#[N+]c1ccc(CC(=O)[C@@](C)(O)Cn2ccc3ccc([N+](=O)[O-])cc32)cc1C.[C-]#[N+]c1ccc(CC(=O)[C@@](C)(O)Cn2ccc3nc(C#N)ccc32)cc1C(F)(F)F. The van der Waals surface area contributed by atoms with Crippen molar-refractivity contribution in [3.05, 3.63) is 152 Å². The molecule has 0 spiro atoms. The molecule has 0 amide bonds. The second-order valence-electron chi connectivity index (χ2n) is 14.0. The molecule has 0 saturated carbocycles. The number of halogens is 3. The number of aliphatic hydroxyl groups is 2. The number of pyridine rings is 1. The second-order valence-corrected chi connectivity index (χ2v) is 14.0. The van der Waals surface area contributed by atoms with Crippen molar-refractivity contribution < 1.29 is 37.9 Å². The smallest absolute Gasteiger partial charge is 0.380 e. The fourth-order valence-corrected chi connectivity index (χ4v) is 6.26. The topological polar surface area (TPSA) is 173 Å². The summed E-state index contributed by atoms with van der Waals surface area (Å²) in [6, 6.07) is 21.2. The first-order valence-electron chi connectivity index (χ1n) is 17.4. The zero-order chi connectivity index (χ0) is 42.6. The van der Waals surface area contributed by atoms with Gasteiger partial charge >= 0.3 is 6.18 Å². The highest BCUT2D eigenvalue weighted by molar-refractivity contribution is 5.90. The van der Waals surface area contributed by atoms with E-state index in [1.165, 1.54) is 38.1 Å². The highest BCUT2D eigenvalue weighted by Crippen LogP contribution is 2.37. The molecule has 2 N–H and O–H groups in total. The average molecular weight is 790 g/mol. The van der Waals surface area contributed by atoms with Crippen molar-refractivity contribution in [2.24, 2.45) is 0 Å². The van der Waals surface area contributed by atoms with Gasteiger partial charge in [0, 0.05) is 42.8 Å². The highest BCUT2D eigenvalue weighted by Gasteiger charge is 2.35. The van der Waals surface area contributed by atoms with Gasteiger partial charge in [-0.2, -0.15) is 18.4 Å². The van der Waals surface area contributed by atoms with Crippen molar-refractivity contribution in [2.75, 3.05) is 0 Å². The van der Waals surface area contributed by atoms with Gasteiger partial charge in [-0.1, -0.05) is 36.4 Å². The quantitative estimate of drug-likeness (QED) is 0.0755. The number of nitro groups is 1. The summed E-state index contributed by atoms with van der Waals surface area (Å²) in [5.74, 6) is -1.04. The Kier molecular flexibility index (Phi) is 11.9. The van der Waals surface area contributed by atoms with Gasteiger partial charge in [-0.3, -0.25) is 19.7 Å². The van der Waals surface area contributed by atoms with Crippen LogP contribution in [0.4, 0.5) is 30.2 Å². The molecule has 3 heterocycles. The molecule has 0 fully saturated rings. The molecule has 13 nitrogen and oxygen atoms in total. The summed E-state index contributed by atoms with van der Waals surface area (Å²) in [4.78, 5) is 46.3. The van der Waals surface area contributed by atoms with Crippen LogP contribution < -0.4 is 0 Å². The van der Waals surface area contributed by atoms with Crippen LogP contribution in [0.5, 0.6) is 0 Å². The van der Waals surface area contributed by atoms with Crippen LogP contribution in [0.25, 0.3) is 31.6 Å². The Balaban J connectivity index is 0.000000221. The van der Waals surface area contributed by atoms with E-state index < -0.39 is 45.8 Å². The number of nitriles is 1. The largest absolute Gasteiger partial charge is 0.407 e. The van der Waals surface area contributed by atoms with Crippen LogP contribution in [0.1, 0.15) is 41.8 Å². The molecule has 0 radical (unpaired) electrons. The average Bonchev–Trinajstić information content (AvgIpc) is 3.76. The molecule has 0 aliphatic rings. The number of hydrogen-bond acceptors (Lipinski definition) is 8. The number of nitrogens with zero attached hydrogens (tertiary/aromatic N) is 7. The van der Waals surface area contributed by atoms with Gasteiger partial charge in [0.1, 0.15) is 23.0 Å². The van der Waals surface area contributed by atoms with E-state index in [0.717, 1.165) is 28.6 Å². The summed E-state index contributed by atoms with van der Waals surface area (Å²) in [5, 5.41) is 42.2. The van der Waals surface area contributed by atoms with E-state index in [2.05, 4.69) is 14.7 Å². The van der Waals surface area contributed by atoms with Crippen LogP contribution in [0.15, 0.2) is 91.3 Å². The lowest BCUT2D eigenvalue weighted by atomic mass is 9.94. The summed E-state index contributed by atoms with van der Waals surface area (Å²) in [7, 11) is 0. The standard InChI is InChI=1S/C21H15F3N4O2.C21H19N3O4/c1-20(30,12-28-8-7-17-18(28)6-4-14(11-25)27-17)19(29)10-13-3-5-16(26-2)15(9-13)21(22,23)24;1-14-10-15(4-7-18(14)22-3)11-20(25)21(2,26)13-23-9-8-16-5-6-17(24(27)28)12-19(16)23/h3-9,30H,10,12H2,1H3;4-10,12,26H,11,13H2,1-2H3/t20-;21-/m00/s1. The monoisotopic (exact) mass is 789 g/mol. The predicted molar refractivity (Wildman–Crippen MR) is 207 cm³/mol. The normalized spacial score (nSPS) is 13.3. The fourth-order valence-electron chi connectivity index (χ4n) is 6.26. The molecule has 2 atom stereocenters. The third kappa shape index (κ3) is 9.42. The summed E-state index contributed by atoms with van der Waals surface area (Å²) >= 11 is 0. The van der Waals surface area contributed by atoms with Gasteiger partial charge in [0.05, 0.1) is 53.3 Å². The number of hydrogen-bond donors (Lipinski definition) is 2. The minimum Gasteiger partial charge on any atom is -0.380 e. The van der Waals surface area contributed by atoms with Crippen molar-refractivity contribution in [2.45, 2.75) is 64.1 Å². The number of carbonyl (C=O) groups is 2. The minimum absolute atomic E-state index is 0.0182. The van der Waals surface area contributed by atoms with E-state index >= 15 is 0 Å². The maximum absolute atomic E-state index is 13.1. The summed E-state index contributed by atoms with van der Waals surface area (Å²) in [5.41, 5.74) is -1.20. The number of alkyl halides is 3. The third-order valence-electron chi connectivity index (χ3n) is 9.46. The van der Waals surface area contributed by atoms with E-state index in [-0.39, 0.29) is 42.2 Å². The first-order valence-corrected chi connectivity index (χ1v) is 17.4. The molecule has 0 unspecified atom stereocenters. The summed E-state index contributed by atoms with van der Waals surface area (Å²) < 4.78 is 42.6. The number of ketones is 2. The van der Waals surface area contributed by atoms with Gasteiger partial charge in [0.25, 0.3) is 5.69 Å². The van der Waals surface area contributed by atoms with E-state index in [9.17, 15) is 43.1 Å². The molecule has 3 aromatic heterocycles. The molecule has 0 aliphatic heterocycles. The van der Waals surface area contributed by atoms with Crippen LogP contribution in [-0.2, 0) is 41.7 Å². The first-order chi connectivity index (χ1) is 27.3. The van der Waals surface area contributed by atoms with E-state index in [0.29, 0.717) is 22.2 Å². The number of fused-ring (bicyclic) bond motifs is 2. The second kappa shape index (κ2) is 16.5. The molecular weight excluding hydrogens is 755 g/mol. The molecule has 3 aromatic carbocycles. The Hall–Kier alpha value is -7.19. The third-order valence-corrected chi connectivity index (χ3v) is 9.46. The molecule has 6 aromatic rings. The number of benzene rings is 3. The summed E-state index contributed by atoms with van der Waals surface area (Å²) in [6.07, 6.45) is -1.81. The van der Waals surface area contributed by atoms with Crippen molar-refractivity contribution in [1.82, 2.24) is 14.1 Å². The summed E-state index contributed by atoms with van der Waals surface area (Å²) in [6.45, 7) is 18.3. The Morgan fingerprint density at radius 1 is 0.828 bits per heavy atom. The maximum Gasteiger partial charge on any atom is 0.407 e. The Labute approximate surface area is 329 Å². The fraction of sp³-hybridized carbons (Fsp3) is 0.238. The number of nitro benzene ring substituents is 1. The lowest BCUT2D eigenvalue weighted by Crippen LogP contribution is -2.40. The van der Waals surface area contributed by atoms with Crippen LogP contribution in [0.3, 0.4) is 0 Å². The zero-order valence-electron chi connectivity index (χ0n) is 31.3. The molecule has 6 rings (SSSR count). The van der Waals surface area contributed by atoms with Gasteiger partial charge in [-0.25, -0.2) is 14.7 Å². The Bertz CT molecular complexity index is 2710.